The van der Waals surface area contributed by atoms with Crippen LogP contribution in [0.4, 0.5) is 0 Å². The Morgan fingerprint density at radius 3 is 2.83 bits per heavy atom. The zero-order valence-corrected chi connectivity index (χ0v) is 10.2. The average Bonchev–Trinajstić information content (AvgIpc) is 2.33. The van der Waals surface area contributed by atoms with Crippen LogP contribution in [0.5, 0.6) is 0 Å². The van der Waals surface area contributed by atoms with Crippen molar-refractivity contribution in [1.29, 1.82) is 0 Å². The van der Waals surface area contributed by atoms with Gasteiger partial charge in [0.1, 0.15) is 6.04 Å². The lowest BCUT2D eigenvalue weighted by Crippen LogP contribution is -2.46. The number of carbonyl (C=O) groups excluding carboxylic acids is 1. The van der Waals surface area contributed by atoms with Gasteiger partial charge < -0.3 is 15.7 Å². The Balaban J connectivity index is 2.27. The molecule has 1 unspecified atom stereocenters. The predicted molar refractivity (Wildman–Crippen MR) is 66.1 cm³/mol. The van der Waals surface area contributed by atoms with Crippen molar-refractivity contribution in [3.63, 3.8) is 0 Å². The topological polar surface area (TPSA) is 91.3 Å². The van der Waals surface area contributed by atoms with Gasteiger partial charge in [-0.05, 0) is 24.6 Å². The summed E-state index contributed by atoms with van der Waals surface area (Å²) < 4.78 is 0. The highest BCUT2D eigenvalue weighted by Crippen LogP contribution is 1.95. The number of aliphatic carboxylic acids is 1. The smallest absolute Gasteiger partial charge is 0.327 e. The lowest BCUT2D eigenvalue weighted by molar-refractivity contribution is -0.141. The molecule has 6 heteroatoms. The molecule has 1 heterocycles. The maximum Gasteiger partial charge on any atom is 0.327 e. The number of hydrogen-bond donors (Lipinski definition) is 3. The third-order valence-corrected chi connectivity index (χ3v) is 2.34. The lowest BCUT2D eigenvalue weighted by atomic mass is 10.2. The van der Waals surface area contributed by atoms with Gasteiger partial charge in [0.05, 0.1) is 0 Å². The van der Waals surface area contributed by atoms with E-state index in [1.165, 1.54) is 6.92 Å². The van der Waals surface area contributed by atoms with Gasteiger partial charge in [0.15, 0.2) is 0 Å². The largest absolute Gasteiger partial charge is 0.480 e. The van der Waals surface area contributed by atoms with E-state index in [0.717, 1.165) is 12.0 Å². The molecule has 1 amide bonds. The molecule has 0 fully saturated rings. The molecule has 0 aromatic carbocycles. The highest BCUT2D eigenvalue weighted by Gasteiger charge is 2.17. The van der Waals surface area contributed by atoms with Crippen LogP contribution in [0.3, 0.4) is 0 Å². The second-order valence-electron chi connectivity index (χ2n) is 3.91. The van der Waals surface area contributed by atoms with E-state index in [0.29, 0.717) is 6.54 Å². The molecule has 0 spiro atoms. The third kappa shape index (κ3) is 5.40. The van der Waals surface area contributed by atoms with Gasteiger partial charge >= 0.3 is 5.97 Å². The van der Waals surface area contributed by atoms with Crippen LogP contribution in [0.1, 0.15) is 12.5 Å². The number of aromatic nitrogens is 1. The van der Waals surface area contributed by atoms with Crippen molar-refractivity contribution >= 4 is 11.9 Å². The fraction of sp³-hybridized carbons (Fsp3) is 0.417. The van der Waals surface area contributed by atoms with Crippen LogP contribution in [0, 0.1) is 0 Å². The summed E-state index contributed by atoms with van der Waals surface area (Å²) in [6, 6.07) is 2.92. The van der Waals surface area contributed by atoms with Crippen molar-refractivity contribution < 1.29 is 14.7 Å². The van der Waals surface area contributed by atoms with Gasteiger partial charge in [-0.25, -0.2) is 4.79 Å². The first-order valence-electron chi connectivity index (χ1n) is 5.69. The van der Waals surface area contributed by atoms with Crippen LogP contribution in [-0.4, -0.2) is 41.1 Å². The highest BCUT2D eigenvalue weighted by atomic mass is 16.4. The van der Waals surface area contributed by atoms with Crippen LogP contribution < -0.4 is 10.6 Å². The van der Waals surface area contributed by atoms with Crippen molar-refractivity contribution in [2.24, 2.45) is 0 Å². The number of rotatable bonds is 7. The van der Waals surface area contributed by atoms with Gasteiger partial charge in [0.25, 0.3) is 0 Å². The predicted octanol–water partition coefficient (Wildman–Crippen LogP) is -0.197. The molecule has 18 heavy (non-hydrogen) atoms. The lowest BCUT2D eigenvalue weighted by Gasteiger charge is -2.13. The van der Waals surface area contributed by atoms with Crippen molar-refractivity contribution in [3.05, 3.63) is 30.1 Å². The maximum absolute atomic E-state index is 10.8. The highest BCUT2D eigenvalue weighted by molar-refractivity contribution is 5.82. The Hall–Kier alpha value is -1.95. The monoisotopic (exact) mass is 251 g/mol. The summed E-state index contributed by atoms with van der Waals surface area (Å²) in [6.45, 7) is 2.13. The maximum atomic E-state index is 10.8. The number of nitrogens with zero attached hydrogens (tertiary/aromatic N) is 1. The Labute approximate surface area is 105 Å². The fourth-order valence-electron chi connectivity index (χ4n) is 1.47. The zero-order chi connectivity index (χ0) is 13.4. The number of hydrogen-bond acceptors (Lipinski definition) is 4. The summed E-state index contributed by atoms with van der Waals surface area (Å²) in [5.74, 6) is -1.39. The first kappa shape index (κ1) is 14.1. The number of carbonyl (C=O) groups is 2. The standard InChI is InChI=1S/C12H17N3O3/c1-9(16)15-11(12(17)18)8-14-6-4-10-3-2-5-13-7-10/h2-3,5,7,11,14H,4,6,8H2,1H3,(H,15,16)(H,17,18). The van der Waals surface area contributed by atoms with Crippen LogP contribution >= 0.6 is 0 Å². The normalized spacial score (nSPS) is 11.8. The number of nitrogens with one attached hydrogen (secondary N) is 2. The molecule has 1 aromatic rings. The van der Waals surface area contributed by atoms with E-state index >= 15 is 0 Å². The minimum Gasteiger partial charge on any atom is -0.480 e. The first-order chi connectivity index (χ1) is 8.59. The molecule has 0 saturated heterocycles. The van der Waals surface area contributed by atoms with Crippen molar-refractivity contribution in [2.45, 2.75) is 19.4 Å². The van der Waals surface area contributed by atoms with Gasteiger partial charge in [-0.1, -0.05) is 6.07 Å². The van der Waals surface area contributed by atoms with Crippen LogP contribution in [0.15, 0.2) is 24.5 Å². The minimum absolute atomic E-state index is 0.204. The van der Waals surface area contributed by atoms with E-state index < -0.39 is 12.0 Å². The molecule has 0 radical (unpaired) electrons. The van der Waals surface area contributed by atoms with E-state index in [2.05, 4.69) is 15.6 Å². The third-order valence-electron chi connectivity index (χ3n) is 2.34. The molecule has 6 nitrogen and oxygen atoms in total. The molecular weight excluding hydrogens is 234 g/mol. The Morgan fingerprint density at radius 1 is 1.50 bits per heavy atom. The number of carboxylic acids is 1. The van der Waals surface area contributed by atoms with Crippen LogP contribution in [0.2, 0.25) is 0 Å². The quantitative estimate of drug-likeness (QED) is 0.584. The number of pyridine rings is 1. The van der Waals surface area contributed by atoms with E-state index in [1.807, 2.05) is 12.1 Å². The van der Waals surface area contributed by atoms with E-state index in [9.17, 15) is 9.59 Å². The molecule has 0 saturated carbocycles. The molecule has 98 valence electrons. The fourth-order valence-corrected chi connectivity index (χ4v) is 1.47. The molecule has 0 bridgehead atoms. The van der Waals surface area contributed by atoms with Crippen molar-refractivity contribution in [1.82, 2.24) is 15.6 Å². The summed E-state index contributed by atoms with van der Waals surface area (Å²) in [5, 5.41) is 14.2. The molecule has 0 aliphatic heterocycles. The van der Waals surface area contributed by atoms with E-state index in [-0.39, 0.29) is 12.5 Å². The molecule has 0 aliphatic rings. The zero-order valence-electron chi connectivity index (χ0n) is 10.2. The van der Waals surface area contributed by atoms with E-state index in [4.69, 9.17) is 5.11 Å². The molecule has 3 N–H and O–H groups in total. The average molecular weight is 251 g/mol. The first-order valence-corrected chi connectivity index (χ1v) is 5.69. The molecule has 1 aromatic heterocycles. The Kier molecular flexibility index (Phi) is 5.79. The summed E-state index contributed by atoms with van der Waals surface area (Å²) in [4.78, 5) is 25.6. The Bertz CT molecular complexity index is 395. The molecule has 0 aliphatic carbocycles. The van der Waals surface area contributed by atoms with Gasteiger partial charge in [-0.3, -0.25) is 9.78 Å². The second-order valence-corrected chi connectivity index (χ2v) is 3.91. The van der Waals surface area contributed by atoms with Gasteiger partial charge in [0.2, 0.25) is 5.91 Å². The Morgan fingerprint density at radius 2 is 2.28 bits per heavy atom. The molecular formula is C12H17N3O3. The van der Waals surface area contributed by atoms with Gasteiger partial charge in [-0.2, -0.15) is 0 Å². The van der Waals surface area contributed by atoms with Gasteiger partial charge in [-0.15, -0.1) is 0 Å². The summed E-state index contributed by atoms with van der Waals surface area (Å²) in [7, 11) is 0. The second kappa shape index (κ2) is 7.39. The van der Waals surface area contributed by atoms with Crippen LogP contribution in [0.25, 0.3) is 0 Å². The number of carboxylic acid groups (broad SMARTS) is 1. The SMILES string of the molecule is CC(=O)NC(CNCCc1cccnc1)C(=O)O. The minimum atomic E-state index is -1.04. The van der Waals surface area contributed by atoms with Crippen molar-refractivity contribution in [3.8, 4) is 0 Å². The molecule has 1 rings (SSSR count). The van der Waals surface area contributed by atoms with Crippen LogP contribution in [-0.2, 0) is 16.0 Å². The summed E-state index contributed by atoms with van der Waals surface area (Å²) in [6.07, 6.45) is 4.23. The number of amides is 1. The van der Waals surface area contributed by atoms with Gasteiger partial charge in [0, 0.05) is 25.9 Å². The summed E-state index contributed by atoms with van der Waals surface area (Å²) in [5.41, 5.74) is 1.08. The molecule has 1 atom stereocenters. The summed E-state index contributed by atoms with van der Waals surface area (Å²) >= 11 is 0. The van der Waals surface area contributed by atoms with E-state index in [1.54, 1.807) is 12.4 Å². The van der Waals surface area contributed by atoms with Crippen molar-refractivity contribution in [2.75, 3.05) is 13.1 Å².